The fraction of sp³-hybridized carbons (Fsp3) is 0.887. The lowest BCUT2D eigenvalue weighted by Crippen LogP contribution is -2.30. The van der Waals surface area contributed by atoms with Crippen LogP contribution in [0.1, 0.15) is 335 Å². The molecule has 0 amide bonds. The first kappa shape index (κ1) is 65.9. The highest BCUT2D eigenvalue weighted by Crippen LogP contribution is 2.17. The molecule has 0 aromatic heterocycles. The third-order valence-corrected chi connectivity index (χ3v) is 13.7. The molecule has 0 aromatic rings. The van der Waals surface area contributed by atoms with Crippen LogP contribution in [0.4, 0.5) is 0 Å². The molecule has 1 atom stereocenters. The molecule has 400 valence electrons. The second-order valence-corrected chi connectivity index (χ2v) is 20.6. The molecule has 0 radical (unpaired) electrons. The molecule has 0 spiro atoms. The van der Waals surface area contributed by atoms with E-state index in [0.717, 1.165) is 64.2 Å². The summed E-state index contributed by atoms with van der Waals surface area (Å²) in [5.74, 6) is -0.860. The third kappa shape index (κ3) is 54.8. The smallest absolute Gasteiger partial charge is 0.306 e. The van der Waals surface area contributed by atoms with Crippen molar-refractivity contribution in [2.75, 3.05) is 13.2 Å². The summed E-state index contributed by atoms with van der Waals surface area (Å²) in [6, 6.07) is 0. The Morgan fingerprint density at radius 2 is 0.485 bits per heavy atom. The molecule has 1 unspecified atom stereocenters. The lowest BCUT2D eigenvalue weighted by Gasteiger charge is -2.18. The van der Waals surface area contributed by atoms with Crippen LogP contribution in [0.2, 0.25) is 0 Å². The van der Waals surface area contributed by atoms with Gasteiger partial charge in [0.2, 0.25) is 0 Å². The minimum Gasteiger partial charge on any atom is -0.462 e. The van der Waals surface area contributed by atoms with Crippen LogP contribution in [0.3, 0.4) is 0 Å². The van der Waals surface area contributed by atoms with E-state index in [2.05, 4.69) is 45.1 Å². The van der Waals surface area contributed by atoms with Crippen LogP contribution in [-0.2, 0) is 28.6 Å². The average molecular weight is 958 g/mol. The van der Waals surface area contributed by atoms with Crippen LogP contribution < -0.4 is 0 Å². The first-order valence-electron chi connectivity index (χ1n) is 30.3. The monoisotopic (exact) mass is 957 g/mol. The summed E-state index contributed by atoms with van der Waals surface area (Å²) >= 11 is 0. The average Bonchev–Trinajstić information content (AvgIpc) is 3.34. The fourth-order valence-corrected chi connectivity index (χ4v) is 9.08. The maximum atomic E-state index is 12.8. The summed E-state index contributed by atoms with van der Waals surface area (Å²) < 4.78 is 16.9. The van der Waals surface area contributed by atoms with Crippen molar-refractivity contribution in [1.82, 2.24) is 0 Å². The molecule has 0 aromatic carbocycles. The topological polar surface area (TPSA) is 78.9 Å². The molecule has 0 saturated carbocycles. The van der Waals surface area contributed by atoms with E-state index in [1.807, 2.05) is 0 Å². The molecule has 0 N–H and O–H groups in total. The Balaban J connectivity index is 4.17. The van der Waals surface area contributed by atoms with Gasteiger partial charge in [-0.2, -0.15) is 0 Å². The van der Waals surface area contributed by atoms with Gasteiger partial charge in [0.1, 0.15) is 13.2 Å². The highest BCUT2D eigenvalue weighted by atomic mass is 16.6. The van der Waals surface area contributed by atoms with E-state index in [4.69, 9.17) is 14.2 Å². The number of unbranched alkanes of at least 4 members (excludes halogenated alkanes) is 41. The highest BCUT2D eigenvalue weighted by Gasteiger charge is 2.19. The lowest BCUT2D eigenvalue weighted by molar-refractivity contribution is -0.167. The Bertz CT molecular complexity index is 1100. The number of hydrogen-bond acceptors (Lipinski definition) is 6. The normalized spacial score (nSPS) is 12.1. The number of allylic oxidation sites excluding steroid dienone is 4. The second-order valence-electron chi connectivity index (χ2n) is 20.6. The Kier molecular flexibility index (Phi) is 55.7. The van der Waals surface area contributed by atoms with E-state index in [9.17, 15) is 14.4 Å². The number of carbonyl (C=O) groups excluding carboxylic acids is 3. The van der Waals surface area contributed by atoms with Gasteiger partial charge in [-0.05, 0) is 70.6 Å². The third-order valence-electron chi connectivity index (χ3n) is 13.7. The van der Waals surface area contributed by atoms with Crippen molar-refractivity contribution in [2.24, 2.45) is 0 Å². The molecule has 0 bridgehead atoms. The standard InChI is InChI=1S/C62H116O6/c1-4-7-10-13-16-19-22-24-26-27-28-29-30-31-32-33-34-35-37-38-40-43-46-49-52-55-61(64)67-58-59(57-66-60(63)54-51-48-45-42-21-18-15-12-9-6-3)68-62(65)56-53-50-47-44-41-39-36-25-23-20-17-14-11-8-5-2/h25,27-28,36,59H,4-24,26,29-35,37-58H2,1-3H3/b28-27-,36-25-. The lowest BCUT2D eigenvalue weighted by atomic mass is 10.0. The molecule has 0 rings (SSSR count). The van der Waals surface area contributed by atoms with Crippen molar-refractivity contribution in [3.63, 3.8) is 0 Å². The van der Waals surface area contributed by atoms with Gasteiger partial charge >= 0.3 is 17.9 Å². The number of esters is 3. The molecule has 0 heterocycles. The fourth-order valence-electron chi connectivity index (χ4n) is 9.08. The minimum absolute atomic E-state index is 0.0701. The maximum absolute atomic E-state index is 12.8. The molecular weight excluding hydrogens is 841 g/mol. The van der Waals surface area contributed by atoms with E-state index >= 15 is 0 Å². The Labute approximate surface area is 423 Å². The van der Waals surface area contributed by atoms with Crippen LogP contribution in [-0.4, -0.2) is 37.2 Å². The highest BCUT2D eigenvalue weighted by molar-refractivity contribution is 5.71. The van der Waals surface area contributed by atoms with Gasteiger partial charge in [0, 0.05) is 19.3 Å². The minimum atomic E-state index is -0.771. The zero-order chi connectivity index (χ0) is 49.3. The summed E-state index contributed by atoms with van der Waals surface area (Å²) in [6.07, 6.45) is 67.6. The van der Waals surface area contributed by atoms with Crippen molar-refractivity contribution >= 4 is 17.9 Å². The van der Waals surface area contributed by atoms with E-state index in [1.165, 1.54) is 231 Å². The largest absolute Gasteiger partial charge is 0.462 e. The van der Waals surface area contributed by atoms with E-state index in [1.54, 1.807) is 0 Å². The van der Waals surface area contributed by atoms with Crippen molar-refractivity contribution < 1.29 is 28.6 Å². The zero-order valence-electron chi connectivity index (χ0n) is 45.9. The Morgan fingerprint density at radius 3 is 0.735 bits per heavy atom. The van der Waals surface area contributed by atoms with Gasteiger partial charge in [0.05, 0.1) is 0 Å². The molecule has 0 aliphatic carbocycles. The quantitative estimate of drug-likeness (QED) is 0.0262. The first-order chi connectivity index (χ1) is 33.5. The molecule has 0 aliphatic heterocycles. The van der Waals surface area contributed by atoms with E-state index < -0.39 is 6.10 Å². The Morgan fingerprint density at radius 1 is 0.279 bits per heavy atom. The number of ether oxygens (including phenoxy) is 3. The predicted molar refractivity (Wildman–Crippen MR) is 293 cm³/mol. The Hall–Kier alpha value is -2.11. The van der Waals surface area contributed by atoms with Crippen molar-refractivity contribution in [2.45, 2.75) is 341 Å². The van der Waals surface area contributed by atoms with Crippen LogP contribution >= 0.6 is 0 Å². The van der Waals surface area contributed by atoms with Crippen LogP contribution in [0.25, 0.3) is 0 Å². The van der Waals surface area contributed by atoms with Crippen LogP contribution in [0.5, 0.6) is 0 Å². The van der Waals surface area contributed by atoms with Crippen LogP contribution in [0.15, 0.2) is 24.3 Å². The molecule has 6 nitrogen and oxygen atoms in total. The first-order valence-corrected chi connectivity index (χ1v) is 30.3. The molecule has 0 fully saturated rings. The van der Waals surface area contributed by atoms with Crippen LogP contribution in [0, 0.1) is 0 Å². The summed E-state index contributed by atoms with van der Waals surface area (Å²) in [6.45, 7) is 6.66. The van der Waals surface area contributed by atoms with Crippen molar-refractivity contribution in [1.29, 1.82) is 0 Å². The van der Waals surface area contributed by atoms with Gasteiger partial charge in [-0.15, -0.1) is 0 Å². The molecular formula is C62H116O6. The van der Waals surface area contributed by atoms with Gasteiger partial charge in [-0.1, -0.05) is 270 Å². The van der Waals surface area contributed by atoms with Gasteiger partial charge in [0.25, 0.3) is 0 Å². The van der Waals surface area contributed by atoms with Gasteiger partial charge in [-0.25, -0.2) is 0 Å². The predicted octanol–water partition coefficient (Wildman–Crippen LogP) is 20.3. The summed E-state index contributed by atoms with van der Waals surface area (Å²) in [4.78, 5) is 38.1. The number of hydrogen-bond donors (Lipinski definition) is 0. The van der Waals surface area contributed by atoms with Gasteiger partial charge in [0.15, 0.2) is 6.10 Å². The molecule has 68 heavy (non-hydrogen) atoms. The summed E-state index contributed by atoms with van der Waals surface area (Å²) in [7, 11) is 0. The SMILES string of the molecule is CCCCCCCC/C=C\CCCCCCCC(=O)OC(COC(=O)CCCCCCCCCCCC)COC(=O)CCCCCCCCCCCCCCC/C=C\CCCCCCCCCC. The molecule has 0 aliphatic rings. The molecule has 6 heteroatoms. The zero-order valence-corrected chi connectivity index (χ0v) is 45.9. The van der Waals surface area contributed by atoms with Crippen molar-refractivity contribution in [3.8, 4) is 0 Å². The number of carbonyl (C=O) groups is 3. The molecule has 0 saturated heterocycles. The van der Waals surface area contributed by atoms with Gasteiger partial charge < -0.3 is 14.2 Å². The van der Waals surface area contributed by atoms with Crippen molar-refractivity contribution in [3.05, 3.63) is 24.3 Å². The summed E-state index contributed by atoms with van der Waals surface area (Å²) in [5.41, 5.74) is 0. The van der Waals surface area contributed by atoms with E-state index in [-0.39, 0.29) is 31.1 Å². The maximum Gasteiger partial charge on any atom is 0.306 e. The summed E-state index contributed by atoms with van der Waals surface area (Å²) in [5, 5.41) is 0. The second kappa shape index (κ2) is 57.5. The van der Waals surface area contributed by atoms with Gasteiger partial charge in [-0.3, -0.25) is 14.4 Å². The van der Waals surface area contributed by atoms with E-state index in [0.29, 0.717) is 19.3 Å². The number of rotatable bonds is 56.